The van der Waals surface area contributed by atoms with Gasteiger partial charge in [-0.15, -0.1) is 0 Å². The summed E-state index contributed by atoms with van der Waals surface area (Å²) >= 11 is 0. The summed E-state index contributed by atoms with van der Waals surface area (Å²) in [6.45, 7) is 4.80. The molecule has 2 fully saturated rings. The Kier molecular flexibility index (Phi) is 4.63. The van der Waals surface area contributed by atoms with Gasteiger partial charge in [-0.2, -0.15) is 0 Å². The number of piperidine rings is 1. The molecule has 6 heteroatoms. The molecule has 2 aromatic rings. The molecular formula is C19H24N4O2. The van der Waals surface area contributed by atoms with Crippen LogP contribution >= 0.6 is 0 Å². The van der Waals surface area contributed by atoms with Crippen LogP contribution in [-0.2, 0) is 11.3 Å². The lowest BCUT2D eigenvalue weighted by molar-refractivity contribution is -0.0108. The molecule has 0 radical (unpaired) electrons. The van der Waals surface area contributed by atoms with Crippen LogP contribution in [-0.4, -0.2) is 46.2 Å². The van der Waals surface area contributed by atoms with E-state index in [1.165, 1.54) is 0 Å². The van der Waals surface area contributed by atoms with E-state index in [4.69, 9.17) is 9.47 Å². The molecule has 0 unspecified atom stereocenters. The van der Waals surface area contributed by atoms with Crippen molar-refractivity contribution in [1.82, 2.24) is 19.9 Å². The van der Waals surface area contributed by atoms with Gasteiger partial charge in [0.25, 0.3) is 0 Å². The third-order valence-electron chi connectivity index (χ3n) is 5.20. The maximum atomic E-state index is 6.35. The Morgan fingerprint density at radius 1 is 1.28 bits per heavy atom. The van der Waals surface area contributed by atoms with Gasteiger partial charge in [0, 0.05) is 31.0 Å². The average molecular weight is 340 g/mol. The zero-order chi connectivity index (χ0) is 17.2. The van der Waals surface area contributed by atoms with Crippen LogP contribution in [0.1, 0.15) is 36.0 Å². The summed E-state index contributed by atoms with van der Waals surface area (Å²) in [7, 11) is 1.67. The Hall–Kier alpha value is -2.05. The lowest BCUT2D eigenvalue weighted by atomic mass is 9.91. The number of rotatable bonds is 4. The lowest BCUT2D eigenvalue weighted by Crippen LogP contribution is -2.41. The third-order valence-corrected chi connectivity index (χ3v) is 5.20. The lowest BCUT2D eigenvalue weighted by Gasteiger charge is -2.34. The van der Waals surface area contributed by atoms with Crippen LogP contribution in [0.4, 0.5) is 0 Å². The quantitative estimate of drug-likeness (QED) is 0.852. The Morgan fingerprint density at radius 2 is 2.20 bits per heavy atom. The number of likely N-dealkylation sites (tertiary alicyclic amines) is 1. The van der Waals surface area contributed by atoms with Gasteiger partial charge >= 0.3 is 0 Å². The highest BCUT2D eigenvalue weighted by atomic mass is 16.5. The van der Waals surface area contributed by atoms with Gasteiger partial charge in [0.05, 0.1) is 18.9 Å². The number of methoxy groups -OCH3 is 1. The summed E-state index contributed by atoms with van der Waals surface area (Å²) in [6.07, 6.45) is 6.19. The van der Waals surface area contributed by atoms with Crippen LogP contribution in [0.5, 0.6) is 5.88 Å². The summed E-state index contributed by atoms with van der Waals surface area (Å²) in [4.78, 5) is 15.5. The van der Waals surface area contributed by atoms with Crippen molar-refractivity contribution >= 4 is 0 Å². The number of aromatic nitrogens is 3. The normalized spacial score (nSPS) is 26.4. The van der Waals surface area contributed by atoms with Crippen LogP contribution in [0.3, 0.4) is 0 Å². The summed E-state index contributed by atoms with van der Waals surface area (Å²) in [6, 6.07) is 6.03. The van der Waals surface area contributed by atoms with Crippen molar-refractivity contribution < 1.29 is 9.47 Å². The summed E-state index contributed by atoms with van der Waals surface area (Å²) < 4.78 is 11.7. The first-order chi connectivity index (χ1) is 12.2. The number of pyridine rings is 1. The van der Waals surface area contributed by atoms with Gasteiger partial charge in [-0.1, -0.05) is 6.07 Å². The number of nitrogens with zero attached hydrogens (tertiary/aromatic N) is 4. The molecule has 0 saturated carbocycles. The highest BCUT2D eigenvalue weighted by molar-refractivity contribution is 5.25. The smallest absolute Gasteiger partial charge is 0.217 e. The molecule has 0 bridgehead atoms. The molecule has 0 aromatic carbocycles. The Labute approximate surface area is 148 Å². The van der Waals surface area contributed by atoms with E-state index in [1.807, 2.05) is 25.3 Å². The minimum atomic E-state index is 0.101. The second-order valence-electron chi connectivity index (χ2n) is 6.88. The highest BCUT2D eigenvalue weighted by Crippen LogP contribution is 2.40. The largest absolute Gasteiger partial charge is 0.481 e. The van der Waals surface area contributed by atoms with Gasteiger partial charge in [0.1, 0.15) is 11.9 Å². The van der Waals surface area contributed by atoms with E-state index in [2.05, 4.69) is 25.9 Å². The fraction of sp³-hybridized carbons (Fsp3) is 0.526. The van der Waals surface area contributed by atoms with Gasteiger partial charge < -0.3 is 9.47 Å². The number of aryl methyl sites for hydroxylation is 1. The standard InChI is InChI=1S/C19H24N4O2/c1-13-20-8-5-16(22-13)17-10-14-6-9-23(12-18(14)25-17)11-15-4-3-7-21-19(15)24-2/h3-5,7-8,14,17-18H,6,9-12H2,1-2H3/t14-,17+,18+/m1/s1. The summed E-state index contributed by atoms with van der Waals surface area (Å²) in [5.41, 5.74) is 2.15. The van der Waals surface area contributed by atoms with E-state index in [1.54, 1.807) is 13.3 Å². The van der Waals surface area contributed by atoms with Crippen molar-refractivity contribution in [2.75, 3.05) is 20.2 Å². The Balaban J connectivity index is 1.41. The third kappa shape index (κ3) is 3.50. The van der Waals surface area contributed by atoms with E-state index in [0.717, 1.165) is 49.6 Å². The first kappa shape index (κ1) is 16.4. The van der Waals surface area contributed by atoms with Crippen molar-refractivity contribution in [3.05, 3.63) is 47.7 Å². The minimum Gasteiger partial charge on any atom is -0.481 e. The van der Waals surface area contributed by atoms with Gasteiger partial charge in [0.15, 0.2) is 0 Å². The average Bonchev–Trinajstić information content (AvgIpc) is 3.05. The van der Waals surface area contributed by atoms with Crippen LogP contribution < -0.4 is 4.74 Å². The molecule has 25 heavy (non-hydrogen) atoms. The summed E-state index contributed by atoms with van der Waals surface area (Å²) in [5.74, 6) is 2.14. The first-order valence-electron chi connectivity index (χ1n) is 8.88. The molecule has 2 aromatic heterocycles. The van der Waals surface area contributed by atoms with Crippen LogP contribution in [0.2, 0.25) is 0 Å². The van der Waals surface area contributed by atoms with E-state index in [-0.39, 0.29) is 12.2 Å². The van der Waals surface area contributed by atoms with Crippen molar-refractivity contribution in [1.29, 1.82) is 0 Å². The molecule has 4 heterocycles. The summed E-state index contributed by atoms with van der Waals surface area (Å²) in [5, 5.41) is 0. The number of ether oxygens (including phenoxy) is 2. The molecule has 0 N–H and O–H groups in total. The van der Waals surface area contributed by atoms with Gasteiger partial charge in [0.2, 0.25) is 5.88 Å². The monoisotopic (exact) mass is 340 g/mol. The van der Waals surface area contributed by atoms with Gasteiger partial charge in [-0.3, -0.25) is 4.90 Å². The molecule has 0 aliphatic carbocycles. The second-order valence-corrected chi connectivity index (χ2v) is 6.88. The molecule has 2 aliphatic heterocycles. The molecule has 2 aliphatic rings. The molecule has 6 nitrogen and oxygen atoms in total. The highest BCUT2D eigenvalue weighted by Gasteiger charge is 2.40. The van der Waals surface area contributed by atoms with Crippen molar-refractivity contribution in [2.24, 2.45) is 5.92 Å². The van der Waals surface area contributed by atoms with Crippen molar-refractivity contribution in [2.45, 2.75) is 38.5 Å². The number of hydrogen-bond donors (Lipinski definition) is 0. The predicted molar refractivity (Wildman–Crippen MR) is 93.2 cm³/mol. The number of hydrogen-bond acceptors (Lipinski definition) is 6. The Morgan fingerprint density at radius 3 is 3.04 bits per heavy atom. The van der Waals surface area contributed by atoms with Crippen LogP contribution in [0.25, 0.3) is 0 Å². The first-order valence-corrected chi connectivity index (χ1v) is 8.88. The predicted octanol–water partition coefficient (Wildman–Crippen LogP) is 2.54. The van der Waals surface area contributed by atoms with Crippen LogP contribution in [0.15, 0.2) is 30.6 Å². The maximum absolute atomic E-state index is 6.35. The molecule has 4 rings (SSSR count). The van der Waals surface area contributed by atoms with Crippen molar-refractivity contribution in [3.63, 3.8) is 0 Å². The molecule has 0 amide bonds. The molecule has 132 valence electrons. The topological polar surface area (TPSA) is 60.4 Å². The molecule has 0 spiro atoms. The van der Waals surface area contributed by atoms with E-state index in [0.29, 0.717) is 11.8 Å². The molecule has 2 saturated heterocycles. The van der Waals surface area contributed by atoms with E-state index >= 15 is 0 Å². The Bertz CT molecular complexity index is 739. The fourth-order valence-corrected chi connectivity index (χ4v) is 3.95. The van der Waals surface area contributed by atoms with Gasteiger partial charge in [-0.25, -0.2) is 15.0 Å². The fourth-order valence-electron chi connectivity index (χ4n) is 3.95. The molecule has 3 atom stereocenters. The van der Waals surface area contributed by atoms with Crippen molar-refractivity contribution in [3.8, 4) is 5.88 Å². The zero-order valence-corrected chi connectivity index (χ0v) is 14.8. The van der Waals surface area contributed by atoms with Gasteiger partial charge in [-0.05, 0) is 44.4 Å². The van der Waals surface area contributed by atoms with Crippen LogP contribution in [0, 0.1) is 12.8 Å². The SMILES string of the molecule is COc1ncccc1CN1CC[C@@H]2C[C@@H](c3ccnc(C)n3)O[C@H]2C1. The maximum Gasteiger partial charge on any atom is 0.217 e. The molecular weight excluding hydrogens is 316 g/mol. The van der Waals surface area contributed by atoms with E-state index < -0.39 is 0 Å². The van der Waals surface area contributed by atoms with E-state index in [9.17, 15) is 0 Å². The second kappa shape index (κ2) is 7.06. The number of fused-ring (bicyclic) bond motifs is 1. The zero-order valence-electron chi connectivity index (χ0n) is 14.8. The minimum absolute atomic E-state index is 0.101.